The Balaban J connectivity index is 1.32. The monoisotopic (exact) mass is 472 g/mol. The summed E-state index contributed by atoms with van der Waals surface area (Å²) in [5.41, 5.74) is 2.43. The highest BCUT2D eigenvalue weighted by molar-refractivity contribution is 7.89. The van der Waals surface area contributed by atoms with Gasteiger partial charge in [-0.15, -0.1) is 0 Å². The summed E-state index contributed by atoms with van der Waals surface area (Å²) in [5.74, 6) is 0.432. The Morgan fingerprint density at radius 1 is 0.941 bits per heavy atom. The molecule has 8 nitrogen and oxygen atoms in total. The molecule has 2 heterocycles. The zero-order valence-corrected chi connectivity index (χ0v) is 18.9. The van der Waals surface area contributed by atoms with Gasteiger partial charge in [0, 0.05) is 37.3 Å². The van der Waals surface area contributed by atoms with E-state index in [1.54, 1.807) is 23.1 Å². The van der Waals surface area contributed by atoms with Gasteiger partial charge in [0.1, 0.15) is 5.52 Å². The van der Waals surface area contributed by atoms with Crippen LogP contribution in [-0.4, -0.2) is 54.9 Å². The van der Waals surface area contributed by atoms with Gasteiger partial charge in [-0.1, -0.05) is 35.5 Å². The minimum atomic E-state index is -3.69. The second kappa shape index (κ2) is 8.74. The highest BCUT2D eigenvalue weighted by Crippen LogP contribution is 2.29. The second-order valence-electron chi connectivity index (χ2n) is 7.94. The van der Waals surface area contributed by atoms with E-state index in [0.29, 0.717) is 22.4 Å². The number of fused-ring (bicyclic) bond motifs is 1. The molecule has 170 valence electrons. The van der Waals surface area contributed by atoms with Crippen LogP contribution >= 0.6 is 0 Å². The smallest absolute Gasteiger partial charge is 0.253 e. The molecule has 0 unspecified atom stereocenters. The van der Waals surface area contributed by atoms with Gasteiger partial charge in [-0.3, -0.25) is 4.79 Å². The Morgan fingerprint density at radius 3 is 2.32 bits per heavy atom. The maximum atomic E-state index is 13.2. The van der Waals surface area contributed by atoms with Crippen LogP contribution in [0.15, 0.2) is 82.2 Å². The molecule has 34 heavy (non-hydrogen) atoms. The minimum Gasteiger partial charge on any atom is -0.355 e. The molecule has 1 amide bonds. The minimum absolute atomic E-state index is 0.137. The lowest BCUT2D eigenvalue weighted by molar-refractivity contribution is 0.0698. The van der Waals surface area contributed by atoms with Gasteiger partial charge in [-0.2, -0.15) is 9.57 Å². The number of nitriles is 1. The topological polar surface area (TPSA) is 108 Å². The normalized spacial score (nSPS) is 14.7. The lowest BCUT2D eigenvalue weighted by Gasteiger charge is -2.34. The van der Waals surface area contributed by atoms with Crippen molar-refractivity contribution in [3.05, 3.63) is 83.9 Å². The molecule has 0 aliphatic carbocycles. The summed E-state index contributed by atoms with van der Waals surface area (Å²) < 4.78 is 32.8. The van der Waals surface area contributed by atoms with Gasteiger partial charge in [0.05, 0.1) is 21.9 Å². The first-order chi connectivity index (χ1) is 16.5. The number of hydrogen-bond acceptors (Lipinski definition) is 6. The van der Waals surface area contributed by atoms with Crippen LogP contribution in [0.5, 0.6) is 0 Å². The van der Waals surface area contributed by atoms with Crippen molar-refractivity contribution in [2.45, 2.75) is 4.90 Å². The molecular weight excluding hydrogens is 452 g/mol. The predicted octanol–water partition coefficient (Wildman–Crippen LogP) is 3.51. The van der Waals surface area contributed by atoms with E-state index in [9.17, 15) is 13.2 Å². The summed E-state index contributed by atoms with van der Waals surface area (Å²) in [7, 11) is -3.69. The standard InChI is InChI=1S/C25H20N4O4S/c26-17-18-6-9-21(10-7-18)34(31,32)29-14-12-28(13-15-29)25(30)20-8-11-23-22(16-20)24(33-27-23)19-4-2-1-3-5-19/h1-11,16H,12-15H2. The Morgan fingerprint density at radius 2 is 1.65 bits per heavy atom. The second-order valence-corrected chi connectivity index (χ2v) is 9.88. The van der Waals surface area contributed by atoms with Gasteiger partial charge in [0.25, 0.3) is 5.91 Å². The Bertz CT molecular complexity index is 1500. The molecule has 3 aromatic carbocycles. The number of sulfonamides is 1. The molecule has 1 aliphatic heterocycles. The summed E-state index contributed by atoms with van der Waals surface area (Å²) >= 11 is 0. The van der Waals surface area contributed by atoms with E-state index in [2.05, 4.69) is 5.16 Å². The van der Waals surface area contributed by atoms with E-state index in [4.69, 9.17) is 9.78 Å². The fourth-order valence-electron chi connectivity index (χ4n) is 4.04. The van der Waals surface area contributed by atoms with Gasteiger partial charge in [-0.25, -0.2) is 8.42 Å². The molecule has 1 fully saturated rings. The highest BCUT2D eigenvalue weighted by Gasteiger charge is 2.30. The van der Waals surface area contributed by atoms with E-state index in [0.717, 1.165) is 10.9 Å². The van der Waals surface area contributed by atoms with Crippen molar-refractivity contribution in [3.63, 3.8) is 0 Å². The van der Waals surface area contributed by atoms with E-state index in [1.165, 1.54) is 28.6 Å². The molecule has 5 rings (SSSR count). The number of hydrogen-bond donors (Lipinski definition) is 0. The fraction of sp³-hybridized carbons (Fsp3) is 0.160. The third kappa shape index (κ3) is 3.94. The Labute approximate surface area is 196 Å². The molecule has 1 aliphatic rings. The van der Waals surface area contributed by atoms with E-state index in [-0.39, 0.29) is 37.0 Å². The van der Waals surface area contributed by atoms with Crippen molar-refractivity contribution < 1.29 is 17.7 Å². The summed E-state index contributed by atoms with van der Waals surface area (Å²) in [6.07, 6.45) is 0. The molecule has 0 spiro atoms. The van der Waals surface area contributed by atoms with E-state index >= 15 is 0 Å². The molecule has 1 saturated heterocycles. The van der Waals surface area contributed by atoms with Crippen molar-refractivity contribution in [2.24, 2.45) is 0 Å². The van der Waals surface area contributed by atoms with Crippen molar-refractivity contribution in [1.82, 2.24) is 14.4 Å². The number of benzene rings is 3. The summed E-state index contributed by atoms with van der Waals surface area (Å²) in [6, 6.07) is 22.6. The number of nitrogens with zero attached hydrogens (tertiary/aromatic N) is 4. The number of piperazine rings is 1. The molecule has 0 saturated carbocycles. The highest BCUT2D eigenvalue weighted by atomic mass is 32.2. The van der Waals surface area contributed by atoms with Crippen LogP contribution in [0.4, 0.5) is 0 Å². The summed E-state index contributed by atoms with van der Waals surface area (Å²) in [4.78, 5) is 15.0. The number of rotatable bonds is 4. The molecular formula is C25H20N4O4S. The van der Waals surface area contributed by atoms with Crippen LogP contribution in [0.25, 0.3) is 22.2 Å². The van der Waals surface area contributed by atoms with Crippen LogP contribution in [0.2, 0.25) is 0 Å². The van der Waals surface area contributed by atoms with Crippen molar-refractivity contribution in [2.75, 3.05) is 26.2 Å². The van der Waals surface area contributed by atoms with Crippen molar-refractivity contribution >= 4 is 26.8 Å². The third-order valence-corrected chi connectivity index (χ3v) is 7.82. The number of aromatic nitrogens is 1. The lowest BCUT2D eigenvalue weighted by atomic mass is 10.1. The lowest BCUT2D eigenvalue weighted by Crippen LogP contribution is -2.50. The fourth-order valence-corrected chi connectivity index (χ4v) is 5.46. The SMILES string of the molecule is N#Cc1ccc(S(=O)(=O)N2CCN(C(=O)c3ccc4noc(-c5ccccc5)c4c3)CC2)cc1. The third-order valence-electron chi connectivity index (χ3n) is 5.91. The number of carbonyl (C=O) groups is 1. The van der Waals surface area contributed by atoms with Gasteiger partial charge < -0.3 is 9.42 Å². The van der Waals surface area contributed by atoms with Crippen LogP contribution in [-0.2, 0) is 10.0 Å². The molecule has 0 bridgehead atoms. The molecule has 0 radical (unpaired) electrons. The first kappa shape index (κ1) is 21.8. The molecule has 0 N–H and O–H groups in total. The quantitative estimate of drug-likeness (QED) is 0.450. The number of amides is 1. The summed E-state index contributed by atoms with van der Waals surface area (Å²) in [5, 5.41) is 13.8. The van der Waals surface area contributed by atoms with Crippen molar-refractivity contribution in [1.29, 1.82) is 5.26 Å². The molecule has 4 aromatic rings. The maximum Gasteiger partial charge on any atom is 0.253 e. The van der Waals surface area contributed by atoms with E-state index in [1.807, 2.05) is 36.4 Å². The first-order valence-corrected chi connectivity index (χ1v) is 12.2. The van der Waals surface area contributed by atoms with Gasteiger partial charge in [0.15, 0.2) is 5.76 Å². The molecule has 0 atom stereocenters. The first-order valence-electron chi connectivity index (χ1n) is 10.7. The van der Waals surface area contributed by atoms with Gasteiger partial charge >= 0.3 is 0 Å². The number of carbonyl (C=O) groups excluding carboxylic acids is 1. The van der Waals surface area contributed by atoms with Crippen LogP contribution in [0.1, 0.15) is 15.9 Å². The largest absolute Gasteiger partial charge is 0.355 e. The average Bonchev–Trinajstić information content (AvgIpc) is 3.32. The van der Waals surface area contributed by atoms with Crippen LogP contribution < -0.4 is 0 Å². The van der Waals surface area contributed by atoms with Crippen LogP contribution in [0.3, 0.4) is 0 Å². The van der Waals surface area contributed by atoms with Crippen molar-refractivity contribution in [3.8, 4) is 17.4 Å². The predicted molar refractivity (Wildman–Crippen MR) is 125 cm³/mol. The molecule has 1 aromatic heterocycles. The summed E-state index contributed by atoms with van der Waals surface area (Å²) in [6.45, 7) is 0.945. The van der Waals surface area contributed by atoms with Gasteiger partial charge in [-0.05, 0) is 42.5 Å². The Kier molecular flexibility index (Phi) is 5.61. The van der Waals surface area contributed by atoms with Crippen LogP contribution in [0, 0.1) is 11.3 Å². The Hall–Kier alpha value is -4.00. The average molecular weight is 473 g/mol. The zero-order chi connectivity index (χ0) is 23.7. The van der Waals surface area contributed by atoms with E-state index < -0.39 is 10.0 Å². The molecule has 9 heteroatoms. The maximum absolute atomic E-state index is 13.2. The zero-order valence-electron chi connectivity index (χ0n) is 18.1. The van der Waals surface area contributed by atoms with Gasteiger partial charge in [0.2, 0.25) is 10.0 Å².